The van der Waals surface area contributed by atoms with Crippen molar-refractivity contribution < 1.29 is 24.5 Å². The van der Waals surface area contributed by atoms with Crippen molar-refractivity contribution in [3.05, 3.63) is 155 Å². The zero-order chi connectivity index (χ0) is 46.1. The van der Waals surface area contributed by atoms with Gasteiger partial charge in [-0.25, -0.2) is 9.59 Å². The fourth-order valence-corrected chi connectivity index (χ4v) is 9.85. The summed E-state index contributed by atoms with van der Waals surface area (Å²) >= 11 is 0. The smallest absolute Gasteiger partial charge is 0.328 e. The van der Waals surface area contributed by atoms with Crippen LogP contribution >= 0.6 is 0 Å². The number of nitrogens with zero attached hydrogens (tertiary/aromatic N) is 4. The Balaban J connectivity index is 0.000000196. The SMILES string of the molecule is CCCCCn1cc(C2CCN(CCc3ccc(/C=C/C(=O)O)cc3)CC2)c2ccccc21.CCOCCn1cc(C2CCN(CCc3ccc(/C=C/C(=O)O)cc3)CC2)c2ccccc21. The molecule has 8 rings (SSSR count). The Hall–Kier alpha value is -5.74. The third-order valence-corrected chi connectivity index (χ3v) is 13.6. The lowest BCUT2D eigenvalue weighted by Crippen LogP contribution is -2.34. The molecule has 0 radical (unpaired) electrons. The van der Waals surface area contributed by atoms with Crippen molar-refractivity contribution in [3.63, 3.8) is 0 Å². The van der Waals surface area contributed by atoms with Gasteiger partial charge in [-0.15, -0.1) is 0 Å². The Morgan fingerprint density at radius 3 is 1.44 bits per heavy atom. The van der Waals surface area contributed by atoms with Crippen LogP contribution < -0.4 is 0 Å². The maximum Gasteiger partial charge on any atom is 0.328 e. The Kier molecular flexibility index (Phi) is 18.0. The number of aliphatic carboxylic acids is 2. The summed E-state index contributed by atoms with van der Waals surface area (Å²) in [4.78, 5) is 26.5. The molecule has 0 aliphatic carbocycles. The van der Waals surface area contributed by atoms with Gasteiger partial charge in [0, 0.05) is 79.1 Å². The first kappa shape index (κ1) is 48.2. The highest BCUT2D eigenvalue weighted by molar-refractivity contribution is 5.86. The first-order valence-corrected chi connectivity index (χ1v) is 24.5. The van der Waals surface area contributed by atoms with E-state index in [9.17, 15) is 9.59 Å². The zero-order valence-corrected chi connectivity index (χ0v) is 39.2. The molecular formula is C57H70N4O5. The van der Waals surface area contributed by atoms with Gasteiger partial charge in [0.25, 0.3) is 0 Å². The molecule has 2 fully saturated rings. The fraction of sp³-hybridized carbons (Fsp3) is 0.404. The number of hydrogen-bond donors (Lipinski definition) is 2. The summed E-state index contributed by atoms with van der Waals surface area (Å²) in [5, 5.41) is 20.3. The summed E-state index contributed by atoms with van der Waals surface area (Å²) in [5.74, 6) is -0.570. The normalized spacial score (nSPS) is 15.5. The minimum atomic E-state index is -0.919. The summed E-state index contributed by atoms with van der Waals surface area (Å²) in [6.07, 6.45) is 21.1. The van der Waals surface area contributed by atoms with E-state index >= 15 is 0 Å². The number of hydrogen-bond acceptors (Lipinski definition) is 5. The van der Waals surface area contributed by atoms with E-state index in [0.29, 0.717) is 11.8 Å². The number of carboxylic acids is 2. The van der Waals surface area contributed by atoms with Crippen molar-refractivity contribution in [3.8, 4) is 0 Å². The number of ether oxygens (including phenoxy) is 1. The number of carboxylic acid groups (broad SMARTS) is 2. The van der Waals surface area contributed by atoms with Crippen molar-refractivity contribution in [2.45, 2.75) is 96.6 Å². The molecule has 0 saturated carbocycles. The van der Waals surface area contributed by atoms with E-state index in [1.807, 2.05) is 31.2 Å². The minimum Gasteiger partial charge on any atom is -0.478 e. The highest BCUT2D eigenvalue weighted by atomic mass is 16.5. The second kappa shape index (κ2) is 24.7. The number of para-hydroxylation sites is 2. The average Bonchev–Trinajstić information content (AvgIpc) is 3.91. The van der Waals surface area contributed by atoms with E-state index in [4.69, 9.17) is 14.9 Å². The molecule has 2 saturated heterocycles. The molecule has 348 valence electrons. The summed E-state index contributed by atoms with van der Waals surface area (Å²) in [5.41, 5.74) is 10.2. The van der Waals surface area contributed by atoms with Crippen LogP contribution in [-0.2, 0) is 40.3 Å². The van der Waals surface area contributed by atoms with E-state index < -0.39 is 11.9 Å². The number of aromatic nitrogens is 2. The lowest BCUT2D eigenvalue weighted by atomic mass is 9.89. The number of unbranched alkanes of at least 4 members (excludes halogenated alkanes) is 2. The lowest BCUT2D eigenvalue weighted by molar-refractivity contribution is -0.132. The van der Waals surface area contributed by atoms with Gasteiger partial charge in [-0.05, 0) is 148 Å². The molecule has 9 nitrogen and oxygen atoms in total. The van der Waals surface area contributed by atoms with Crippen molar-refractivity contribution >= 4 is 45.9 Å². The number of aryl methyl sites for hydroxylation is 1. The lowest BCUT2D eigenvalue weighted by Gasteiger charge is -2.32. The predicted octanol–water partition coefficient (Wildman–Crippen LogP) is 11.5. The zero-order valence-electron chi connectivity index (χ0n) is 39.2. The molecule has 0 spiro atoms. The molecule has 4 aromatic carbocycles. The fourth-order valence-electron chi connectivity index (χ4n) is 9.85. The van der Waals surface area contributed by atoms with Gasteiger partial charge in [0.15, 0.2) is 0 Å². The number of fused-ring (bicyclic) bond motifs is 2. The van der Waals surface area contributed by atoms with Crippen LogP contribution in [0.15, 0.2) is 122 Å². The third-order valence-electron chi connectivity index (χ3n) is 13.6. The minimum absolute atomic E-state index is 0.611. The molecular weight excluding hydrogens is 821 g/mol. The number of piperidine rings is 2. The molecule has 0 atom stereocenters. The van der Waals surface area contributed by atoms with Gasteiger partial charge in [0.1, 0.15) is 0 Å². The molecule has 2 N–H and O–H groups in total. The van der Waals surface area contributed by atoms with Gasteiger partial charge in [-0.1, -0.05) is 105 Å². The number of benzene rings is 4. The first-order chi connectivity index (χ1) is 32.3. The van der Waals surface area contributed by atoms with Crippen LogP contribution in [0.4, 0.5) is 0 Å². The molecule has 4 heterocycles. The van der Waals surface area contributed by atoms with Crippen LogP contribution in [0.2, 0.25) is 0 Å². The van der Waals surface area contributed by atoms with Crippen LogP contribution in [-0.4, -0.2) is 93.6 Å². The van der Waals surface area contributed by atoms with Crippen molar-refractivity contribution in [1.29, 1.82) is 0 Å². The van der Waals surface area contributed by atoms with Crippen molar-refractivity contribution in [1.82, 2.24) is 18.9 Å². The van der Waals surface area contributed by atoms with Gasteiger partial charge in [0.2, 0.25) is 0 Å². The second-order valence-corrected chi connectivity index (χ2v) is 18.1. The van der Waals surface area contributed by atoms with E-state index in [2.05, 4.69) is 111 Å². The maximum absolute atomic E-state index is 10.7. The molecule has 0 amide bonds. The van der Waals surface area contributed by atoms with Crippen molar-refractivity contribution in [2.24, 2.45) is 0 Å². The largest absolute Gasteiger partial charge is 0.478 e. The van der Waals surface area contributed by atoms with Crippen molar-refractivity contribution in [2.75, 3.05) is 52.5 Å². The first-order valence-electron chi connectivity index (χ1n) is 24.5. The van der Waals surface area contributed by atoms with Gasteiger partial charge in [0.05, 0.1) is 6.61 Å². The predicted molar refractivity (Wildman–Crippen MR) is 270 cm³/mol. The molecule has 0 bridgehead atoms. The van der Waals surface area contributed by atoms with E-state index in [-0.39, 0.29) is 0 Å². The molecule has 2 aliphatic heterocycles. The van der Waals surface area contributed by atoms with Gasteiger partial charge in [-0.2, -0.15) is 0 Å². The number of likely N-dealkylation sites (tertiary alicyclic amines) is 2. The highest BCUT2D eigenvalue weighted by Crippen LogP contribution is 2.36. The molecule has 66 heavy (non-hydrogen) atoms. The van der Waals surface area contributed by atoms with E-state index in [0.717, 1.165) is 89.5 Å². The molecule has 2 aromatic heterocycles. The Labute approximate surface area is 392 Å². The molecule has 2 aliphatic rings. The number of rotatable bonds is 20. The van der Waals surface area contributed by atoms with Gasteiger partial charge >= 0.3 is 11.9 Å². The van der Waals surface area contributed by atoms with E-state index in [1.54, 1.807) is 17.7 Å². The van der Waals surface area contributed by atoms with Crippen LogP contribution in [0.5, 0.6) is 0 Å². The van der Waals surface area contributed by atoms with Gasteiger partial charge < -0.3 is 33.9 Å². The van der Waals surface area contributed by atoms with E-state index in [1.165, 1.54) is 95.6 Å². The monoisotopic (exact) mass is 891 g/mol. The van der Waals surface area contributed by atoms with Crippen LogP contribution in [0.25, 0.3) is 34.0 Å². The topological polar surface area (TPSA) is 100 Å². The molecule has 9 heteroatoms. The second-order valence-electron chi connectivity index (χ2n) is 18.1. The molecule has 6 aromatic rings. The quantitative estimate of drug-likeness (QED) is 0.0582. The average molecular weight is 891 g/mol. The summed E-state index contributed by atoms with van der Waals surface area (Å²) < 4.78 is 10.4. The van der Waals surface area contributed by atoms with Crippen LogP contribution in [0.1, 0.15) is 104 Å². The van der Waals surface area contributed by atoms with Crippen LogP contribution in [0, 0.1) is 0 Å². The Bertz CT molecular complexity index is 2320. The highest BCUT2D eigenvalue weighted by Gasteiger charge is 2.25. The third kappa shape index (κ3) is 13.7. The number of carbonyl (C=O) groups is 2. The van der Waals surface area contributed by atoms with Crippen LogP contribution in [0.3, 0.4) is 0 Å². The Morgan fingerprint density at radius 2 is 1.02 bits per heavy atom. The summed E-state index contributed by atoms with van der Waals surface area (Å²) in [6.45, 7) is 14.5. The summed E-state index contributed by atoms with van der Waals surface area (Å²) in [6, 6.07) is 34.1. The van der Waals surface area contributed by atoms with Gasteiger partial charge in [-0.3, -0.25) is 0 Å². The Morgan fingerprint density at radius 1 is 0.576 bits per heavy atom. The maximum atomic E-state index is 10.7. The standard InChI is InChI=1S/C29H36N2O2.C28H34N2O3/c1-2-3-6-18-31-22-27(26-7-4-5-8-28(26)31)25-16-20-30(21-17-25)19-15-24-11-9-23(10-12-24)13-14-29(32)33;1-2-33-20-19-30-21-26(25-5-3-4-6-27(25)30)24-14-17-29(18-15-24)16-13-23-9-7-22(8-10-23)11-12-28(31)32/h4-5,7-14,22,25H,2-3,6,15-21H2,1H3,(H,32,33);3-12,21,24H,2,13-20H2,1H3,(H,31,32)/b14-13+;12-11+. The molecule has 0 unspecified atom stereocenters. The summed E-state index contributed by atoms with van der Waals surface area (Å²) in [7, 11) is 0.